The molecule has 3 rings (SSSR count). The molecule has 1 nitrogen and oxygen atoms in total. The van der Waals surface area contributed by atoms with Gasteiger partial charge >= 0.3 is 0 Å². The van der Waals surface area contributed by atoms with Crippen LogP contribution in [0.4, 0.5) is 0 Å². The van der Waals surface area contributed by atoms with E-state index >= 15 is 0 Å². The van der Waals surface area contributed by atoms with Crippen molar-refractivity contribution in [2.24, 2.45) is 0 Å². The Kier molecular flexibility index (Phi) is 3.47. The van der Waals surface area contributed by atoms with Crippen molar-refractivity contribution >= 4 is 22.4 Å². The number of hydrogen-bond donors (Lipinski definition) is 1. The Morgan fingerprint density at radius 2 is 1.70 bits per heavy atom. The molecule has 20 heavy (non-hydrogen) atoms. The maximum Gasteiger partial charge on any atom is 0.105 e. The van der Waals surface area contributed by atoms with Crippen molar-refractivity contribution in [3.05, 3.63) is 82.4 Å². The lowest BCUT2D eigenvalue weighted by atomic mass is 9.95. The van der Waals surface area contributed by atoms with E-state index < -0.39 is 6.10 Å². The lowest BCUT2D eigenvalue weighted by Gasteiger charge is -2.15. The van der Waals surface area contributed by atoms with Crippen LogP contribution in [0.3, 0.4) is 0 Å². The Morgan fingerprint density at radius 3 is 2.50 bits per heavy atom. The third-order valence-corrected chi connectivity index (χ3v) is 4.04. The maximum atomic E-state index is 10.6. The Hall–Kier alpha value is -1.83. The minimum atomic E-state index is -0.667. The molecule has 0 spiro atoms. The first-order valence-corrected chi connectivity index (χ1v) is 6.96. The van der Waals surface area contributed by atoms with Crippen molar-refractivity contribution in [3.8, 4) is 0 Å². The van der Waals surface area contributed by atoms with Crippen LogP contribution < -0.4 is 0 Å². The molecule has 3 aromatic rings. The number of benzene rings is 3. The minimum absolute atomic E-state index is 0.667. The van der Waals surface area contributed by atoms with Crippen molar-refractivity contribution in [1.82, 2.24) is 0 Å². The van der Waals surface area contributed by atoms with Crippen molar-refractivity contribution < 1.29 is 5.11 Å². The molecular formula is C18H15ClO. The fourth-order valence-corrected chi connectivity index (χ4v) is 2.64. The molecule has 1 atom stereocenters. The van der Waals surface area contributed by atoms with Gasteiger partial charge in [-0.15, -0.1) is 0 Å². The normalized spacial score (nSPS) is 12.6. The van der Waals surface area contributed by atoms with E-state index in [2.05, 4.69) is 0 Å². The van der Waals surface area contributed by atoms with Gasteiger partial charge in [-0.3, -0.25) is 0 Å². The number of fused-ring (bicyclic) bond motifs is 1. The summed E-state index contributed by atoms with van der Waals surface area (Å²) in [7, 11) is 0. The average Bonchev–Trinajstić information content (AvgIpc) is 2.49. The molecule has 0 saturated carbocycles. The van der Waals surface area contributed by atoms with Gasteiger partial charge in [0.2, 0.25) is 0 Å². The molecule has 100 valence electrons. The van der Waals surface area contributed by atoms with Crippen LogP contribution >= 0.6 is 11.6 Å². The molecule has 0 bridgehead atoms. The summed E-state index contributed by atoms with van der Waals surface area (Å²) in [5.74, 6) is 0. The van der Waals surface area contributed by atoms with Gasteiger partial charge in [-0.25, -0.2) is 0 Å². The predicted molar refractivity (Wildman–Crippen MR) is 84.2 cm³/mol. The molecule has 0 fully saturated rings. The lowest BCUT2D eigenvalue weighted by molar-refractivity contribution is 0.222. The van der Waals surface area contributed by atoms with Gasteiger partial charge in [0.05, 0.1) is 0 Å². The quantitative estimate of drug-likeness (QED) is 0.710. The molecule has 0 aliphatic heterocycles. The molecule has 0 saturated heterocycles. The summed E-state index contributed by atoms with van der Waals surface area (Å²) in [4.78, 5) is 0. The molecule has 2 heteroatoms. The smallest absolute Gasteiger partial charge is 0.105 e. The van der Waals surface area contributed by atoms with E-state index in [9.17, 15) is 5.11 Å². The van der Waals surface area contributed by atoms with Crippen LogP contribution in [-0.4, -0.2) is 5.11 Å². The standard InChI is InChI=1S/C18H15ClO/c1-12-9-10-14(11-17(12)19)18(20)16-8-4-6-13-5-2-3-7-15(13)16/h2-11,18,20H,1H3. The highest BCUT2D eigenvalue weighted by Crippen LogP contribution is 2.30. The number of aliphatic hydroxyl groups is 1. The van der Waals surface area contributed by atoms with Gasteiger partial charge in [0.25, 0.3) is 0 Å². The van der Waals surface area contributed by atoms with E-state index in [0.717, 1.165) is 27.5 Å². The number of rotatable bonds is 2. The summed E-state index contributed by atoms with van der Waals surface area (Å²) in [6.07, 6.45) is -0.667. The SMILES string of the molecule is Cc1ccc(C(O)c2cccc3ccccc23)cc1Cl. The summed E-state index contributed by atoms with van der Waals surface area (Å²) >= 11 is 6.15. The van der Waals surface area contributed by atoms with Gasteiger partial charge in [-0.05, 0) is 40.5 Å². The van der Waals surface area contributed by atoms with Gasteiger partial charge in [-0.1, -0.05) is 66.2 Å². The van der Waals surface area contributed by atoms with Crippen LogP contribution in [0, 0.1) is 6.92 Å². The van der Waals surface area contributed by atoms with Crippen LogP contribution in [-0.2, 0) is 0 Å². The zero-order valence-electron chi connectivity index (χ0n) is 11.2. The highest BCUT2D eigenvalue weighted by atomic mass is 35.5. The molecular weight excluding hydrogens is 268 g/mol. The monoisotopic (exact) mass is 282 g/mol. The summed E-state index contributed by atoms with van der Waals surface area (Å²) in [6.45, 7) is 1.95. The van der Waals surface area contributed by atoms with Crippen LogP contribution in [0.15, 0.2) is 60.7 Å². The number of hydrogen-bond acceptors (Lipinski definition) is 1. The largest absolute Gasteiger partial charge is 0.384 e. The Morgan fingerprint density at radius 1 is 0.950 bits per heavy atom. The first-order chi connectivity index (χ1) is 9.66. The zero-order chi connectivity index (χ0) is 14.1. The second-order valence-electron chi connectivity index (χ2n) is 4.98. The summed E-state index contributed by atoms with van der Waals surface area (Å²) in [5.41, 5.74) is 2.74. The third-order valence-electron chi connectivity index (χ3n) is 3.63. The molecule has 3 aromatic carbocycles. The topological polar surface area (TPSA) is 20.2 Å². The lowest BCUT2D eigenvalue weighted by Crippen LogP contribution is -2.00. The number of halogens is 1. The number of aliphatic hydroxyl groups excluding tert-OH is 1. The van der Waals surface area contributed by atoms with Crippen LogP contribution in [0.2, 0.25) is 5.02 Å². The summed E-state index contributed by atoms with van der Waals surface area (Å²) < 4.78 is 0. The van der Waals surface area contributed by atoms with Crippen LogP contribution in [0.25, 0.3) is 10.8 Å². The number of aryl methyl sites for hydroxylation is 1. The third kappa shape index (κ3) is 2.31. The molecule has 0 aliphatic carbocycles. The maximum absolute atomic E-state index is 10.6. The van der Waals surface area contributed by atoms with Gasteiger partial charge < -0.3 is 5.11 Å². The first kappa shape index (κ1) is 13.2. The molecule has 0 amide bonds. The van der Waals surface area contributed by atoms with Crippen LogP contribution in [0.5, 0.6) is 0 Å². The minimum Gasteiger partial charge on any atom is -0.384 e. The predicted octanol–water partition coefficient (Wildman–Crippen LogP) is 4.88. The van der Waals surface area contributed by atoms with Crippen LogP contribution in [0.1, 0.15) is 22.8 Å². The van der Waals surface area contributed by atoms with Crippen molar-refractivity contribution in [2.75, 3.05) is 0 Å². The Balaban J connectivity index is 2.12. The van der Waals surface area contributed by atoms with E-state index in [4.69, 9.17) is 11.6 Å². The van der Waals surface area contributed by atoms with Gasteiger partial charge in [0, 0.05) is 5.02 Å². The van der Waals surface area contributed by atoms with E-state index in [1.807, 2.05) is 67.6 Å². The molecule has 0 aliphatic rings. The fourth-order valence-electron chi connectivity index (χ4n) is 2.45. The van der Waals surface area contributed by atoms with Gasteiger partial charge in [0.15, 0.2) is 0 Å². The average molecular weight is 283 g/mol. The second kappa shape index (κ2) is 5.28. The Bertz CT molecular complexity index is 759. The Labute approximate surface area is 123 Å². The van der Waals surface area contributed by atoms with Crippen molar-refractivity contribution in [3.63, 3.8) is 0 Å². The zero-order valence-corrected chi connectivity index (χ0v) is 11.9. The molecule has 1 unspecified atom stereocenters. The first-order valence-electron chi connectivity index (χ1n) is 6.58. The van der Waals surface area contributed by atoms with E-state index in [1.54, 1.807) is 0 Å². The highest BCUT2D eigenvalue weighted by molar-refractivity contribution is 6.31. The van der Waals surface area contributed by atoms with Crippen molar-refractivity contribution in [1.29, 1.82) is 0 Å². The summed E-state index contributed by atoms with van der Waals surface area (Å²) in [5, 5.41) is 13.5. The molecule has 0 aromatic heterocycles. The molecule has 0 heterocycles. The van der Waals surface area contributed by atoms with E-state index in [1.165, 1.54) is 0 Å². The van der Waals surface area contributed by atoms with Gasteiger partial charge in [0.1, 0.15) is 6.10 Å². The summed E-state index contributed by atoms with van der Waals surface area (Å²) in [6, 6.07) is 19.7. The van der Waals surface area contributed by atoms with Crippen molar-refractivity contribution in [2.45, 2.75) is 13.0 Å². The van der Waals surface area contributed by atoms with E-state index in [0.29, 0.717) is 5.02 Å². The highest BCUT2D eigenvalue weighted by Gasteiger charge is 2.14. The van der Waals surface area contributed by atoms with E-state index in [-0.39, 0.29) is 0 Å². The second-order valence-corrected chi connectivity index (χ2v) is 5.39. The molecule has 1 N–H and O–H groups in total. The molecule has 0 radical (unpaired) electrons. The fraction of sp³-hybridized carbons (Fsp3) is 0.111. The van der Waals surface area contributed by atoms with Gasteiger partial charge in [-0.2, -0.15) is 0 Å².